The molecule has 0 amide bonds. The lowest BCUT2D eigenvalue weighted by Gasteiger charge is -2.30. The lowest BCUT2D eigenvalue weighted by molar-refractivity contribution is -0.0369. The van der Waals surface area contributed by atoms with Gasteiger partial charge in [0.25, 0.3) is 0 Å². The highest BCUT2D eigenvalue weighted by Crippen LogP contribution is 2.21. The molecule has 0 aliphatic carbocycles. The lowest BCUT2D eigenvalue weighted by Crippen LogP contribution is -2.43. The molecule has 0 radical (unpaired) electrons. The van der Waals surface area contributed by atoms with Crippen LogP contribution in [-0.4, -0.2) is 37.0 Å². The fourth-order valence-electron chi connectivity index (χ4n) is 1.36. The van der Waals surface area contributed by atoms with Crippen molar-refractivity contribution in [2.75, 3.05) is 26.3 Å². The summed E-state index contributed by atoms with van der Waals surface area (Å²) in [4.78, 5) is 0. The molecule has 0 aromatic rings. The summed E-state index contributed by atoms with van der Waals surface area (Å²) < 4.78 is 5.32. The predicted octanol–water partition coefficient (Wildman–Crippen LogP) is -0.359. The summed E-state index contributed by atoms with van der Waals surface area (Å²) in [6.45, 7) is 1.88. The maximum atomic E-state index is 8.88. The first-order valence-corrected chi connectivity index (χ1v) is 4.20. The average molecular weight is 170 g/mol. The minimum atomic E-state index is -0.645. The number of nitriles is 1. The fourth-order valence-corrected chi connectivity index (χ4v) is 1.36. The molecule has 0 spiro atoms. The van der Waals surface area contributed by atoms with E-state index in [9.17, 15) is 0 Å². The third kappa shape index (κ3) is 2.18. The van der Waals surface area contributed by atoms with E-state index in [0.717, 1.165) is 13.1 Å². The van der Waals surface area contributed by atoms with Crippen molar-refractivity contribution in [1.29, 1.82) is 5.26 Å². The molecule has 1 fully saturated rings. The first kappa shape index (κ1) is 9.46. The second kappa shape index (κ2) is 4.41. The molecule has 0 aromatic heterocycles. The zero-order valence-electron chi connectivity index (χ0n) is 7.05. The van der Waals surface area contributed by atoms with Gasteiger partial charge in [-0.2, -0.15) is 5.26 Å². The van der Waals surface area contributed by atoms with E-state index in [0.29, 0.717) is 12.8 Å². The van der Waals surface area contributed by atoms with Gasteiger partial charge in [0.2, 0.25) is 0 Å². The lowest BCUT2D eigenvalue weighted by atomic mass is 9.94. The van der Waals surface area contributed by atoms with Gasteiger partial charge in [0.15, 0.2) is 5.60 Å². The number of rotatable bonds is 3. The van der Waals surface area contributed by atoms with Gasteiger partial charge < -0.3 is 15.2 Å². The van der Waals surface area contributed by atoms with Crippen molar-refractivity contribution in [1.82, 2.24) is 5.32 Å². The molecule has 4 nitrogen and oxygen atoms in total. The Morgan fingerprint density at radius 1 is 1.50 bits per heavy atom. The van der Waals surface area contributed by atoms with Crippen molar-refractivity contribution in [2.45, 2.75) is 18.4 Å². The van der Waals surface area contributed by atoms with Gasteiger partial charge in [-0.1, -0.05) is 0 Å². The van der Waals surface area contributed by atoms with Crippen molar-refractivity contribution in [3.8, 4) is 6.07 Å². The highest BCUT2D eigenvalue weighted by molar-refractivity contribution is 5.04. The van der Waals surface area contributed by atoms with Gasteiger partial charge in [-0.15, -0.1) is 0 Å². The monoisotopic (exact) mass is 170 g/mol. The number of ether oxygens (including phenoxy) is 1. The minimum Gasteiger partial charge on any atom is -0.394 e. The molecule has 68 valence electrons. The summed E-state index contributed by atoms with van der Waals surface area (Å²) in [5.41, 5.74) is -0.645. The second-order valence-electron chi connectivity index (χ2n) is 2.93. The Hall–Kier alpha value is -0.630. The smallest absolute Gasteiger partial charge is 0.156 e. The van der Waals surface area contributed by atoms with Gasteiger partial charge in [0.05, 0.1) is 19.3 Å². The summed E-state index contributed by atoms with van der Waals surface area (Å²) in [6, 6.07) is 2.18. The number of aliphatic hydroxyl groups is 1. The SMILES string of the molecule is N#CC1(OCCO)CCNCC1. The Labute approximate surface area is 72.1 Å². The highest BCUT2D eigenvalue weighted by Gasteiger charge is 2.32. The number of aliphatic hydroxyl groups excluding tert-OH is 1. The summed E-state index contributed by atoms with van der Waals surface area (Å²) in [5.74, 6) is 0. The molecule has 0 unspecified atom stereocenters. The van der Waals surface area contributed by atoms with E-state index >= 15 is 0 Å². The van der Waals surface area contributed by atoms with Crippen LogP contribution in [-0.2, 0) is 4.74 Å². The summed E-state index contributed by atoms with van der Waals surface area (Å²) in [7, 11) is 0. The number of hydrogen-bond donors (Lipinski definition) is 2. The highest BCUT2D eigenvalue weighted by atomic mass is 16.5. The summed E-state index contributed by atoms with van der Waals surface area (Å²) >= 11 is 0. The number of piperidine rings is 1. The van der Waals surface area contributed by atoms with Gasteiger partial charge in [0.1, 0.15) is 0 Å². The molecule has 0 saturated carbocycles. The van der Waals surface area contributed by atoms with Crippen molar-refractivity contribution in [2.24, 2.45) is 0 Å². The zero-order chi connectivity index (χ0) is 8.86. The topological polar surface area (TPSA) is 65.3 Å². The maximum absolute atomic E-state index is 8.88. The van der Waals surface area contributed by atoms with Crippen molar-refractivity contribution in [3.63, 3.8) is 0 Å². The van der Waals surface area contributed by atoms with Crippen LogP contribution in [0.1, 0.15) is 12.8 Å². The molecule has 2 N–H and O–H groups in total. The number of hydrogen-bond acceptors (Lipinski definition) is 4. The van der Waals surface area contributed by atoms with Crippen LogP contribution >= 0.6 is 0 Å². The van der Waals surface area contributed by atoms with Crippen molar-refractivity contribution in [3.05, 3.63) is 0 Å². The Morgan fingerprint density at radius 3 is 2.67 bits per heavy atom. The van der Waals surface area contributed by atoms with E-state index in [1.165, 1.54) is 0 Å². The molecule has 4 heteroatoms. The van der Waals surface area contributed by atoms with Gasteiger partial charge in [-0.3, -0.25) is 0 Å². The Morgan fingerprint density at radius 2 is 2.17 bits per heavy atom. The Kier molecular flexibility index (Phi) is 3.48. The molecule has 0 aromatic carbocycles. The standard InChI is InChI=1S/C8H14N2O2/c9-7-8(12-6-5-11)1-3-10-4-2-8/h10-11H,1-6H2. The molecule has 1 aliphatic heterocycles. The van der Waals surface area contributed by atoms with E-state index in [1.807, 2.05) is 0 Å². The Bertz CT molecular complexity index is 170. The predicted molar refractivity (Wildman–Crippen MR) is 43.5 cm³/mol. The van der Waals surface area contributed by atoms with E-state index in [-0.39, 0.29) is 13.2 Å². The number of nitrogens with one attached hydrogen (secondary N) is 1. The quantitative estimate of drug-likeness (QED) is 0.607. The molecule has 1 rings (SSSR count). The van der Waals surface area contributed by atoms with Gasteiger partial charge in [0, 0.05) is 12.8 Å². The third-order valence-corrected chi connectivity index (χ3v) is 2.08. The van der Waals surface area contributed by atoms with Crippen LogP contribution in [0.3, 0.4) is 0 Å². The summed E-state index contributed by atoms with van der Waals surface area (Å²) in [5, 5.41) is 20.6. The van der Waals surface area contributed by atoms with E-state index in [4.69, 9.17) is 15.1 Å². The van der Waals surface area contributed by atoms with Crippen LogP contribution < -0.4 is 5.32 Å². The van der Waals surface area contributed by atoms with E-state index in [2.05, 4.69) is 11.4 Å². The molecule has 1 aliphatic rings. The molecule has 12 heavy (non-hydrogen) atoms. The molecule has 0 bridgehead atoms. The van der Waals surface area contributed by atoms with Crippen LogP contribution in [0.5, 0.6) is 0 Å². The molecular formula is C8H14N2O2. The van der Waals surface area contributed by atoms with Crippen LogP contribution in [0.4, 0.5) is 0 Å². The normalized spacial score (nSPS) is 21.7. The fraction of sp³-hybridized carbons (Fsp3) is 0.875. The molecule has 1 saturated heterocycles. The van der Waals surface area contributed by atoms with E-state index in [1.54, 1.807) is 0 Å². The first-order chi connectivity index (χ1) is 5.83. The second-order valence-corrected chi connectivity index (χ2v) is 2.93. The summed E-state index contributed by atoms with van der Waals surface area (Å²) in [6.07, 6.45) is 1.42. The number of nitrogens with zero attached hydrogens (tertiary/aromatic N) is 1. The van der Waals surface area contributed by atoms with Crippen LogP contribution in [0.2, 0.25) is 0 Å². The molecular weight excluding hydrogens is 156 g/mol. The van der Waals surface area contributed by atoms with Crippen LogP contribution in [0, 0.1) is 11.3 Å². The van der Waals surface area contributed by atoms with Crippen LogP contribution in [0.15, 0.2) is 0 Å². The van der Waals surface area contributed by atoms with Gasteiger partial charge in [-0.25, -0.2) is 0 Å². The van der Waals surface area contributed by atoms with Crippen LogP contribution in [0.25, 0.3) is 0 Å². The molecule has 0 atom stereocenters. The average Bonchev–Trinajstić information content (AvgIpc) is 2.16. The first-order valence-electron chi connectivity index (χ1n) is 4.20. The van der Waals surface area contributed by atoms with Crippen molar-refractivity contribution < 1.29 is 9.84 Å². The van der Waals surface area contributed by atoms with Crippen molar-refractivity contribution >= 4 is 0 Å². The van der Waals surface area contributed by atoms with E-state index < -0.39 is 5.60 Å². The zero-order valence-corrected chi connectivity index (χ0v) is 7.05. The largest absolute Gasteiger partial charge is 0.394 e. The maximum Gasteiger partial charge on any atom is 0.156 e. The Balaban J connectivity index is 2.44. The van der Waals surface area contributed by atoms with Gasteiger partial charge in [-0.05, 0) is 13.1 Å². The van der Waals surface area contributed by atoms with Gasteiger partial charge >= 0.3 is 0 Å². The molecule has 1 heterocycles. The third-order valence-electron chi connectivity index (χ3n) is 2.08. The minimum absolute atomic E-state index is 0.0170.